The second-order valence-electron chi connectivity index (χ2n) is 5.23. The standard InChI is InChI=1S/C13H17FN4O2/c14-10-1-2-12(13(7-10)18(19)20)17-8-11(9-17)16-5-3-15-4-6-16/h1-2,7,11,15H,3-6,8-9H2. The van der Waals surface area contributed by atoms with E-state index < -0.39 is 10.7 Å². The molecule has 3 rings (SSSR count). The number of hydrogen-bond donors (Lipinski definition) is 1. The molecular formula is C13H17FN4O2. The molecule has 0 aliphatic carbocycles. The highest BCUT2D eigenvalue weighted by atomic mass is 19.1. The van der Waals surface area contributed by atoms with Crippen LogP contribution < -0.4 is 10.2 Å². The number of anilines is 1. The molecule has 1 aromatic rings. The summed E-state index contributed by atoms with van der Waals surface area (Å²) in [6.07, 6.45) is 0. The quantitative estimate of drug-likeness (QED) is 0.656. The summed E-state index contributed by atoms with van der Waals surface area (Å²) in [6.45, 7) is 5.56. The SMILES string of the molecule is O=[N+]([O-])c1cc(F)ccc1N1CC(N2CCNCC2)C1. The van der Waals surface area contributed by atoms with E-state index in [1.165, 1.54) is 12.1 Å². The Morgan fingerprint density at radius 2 is 2.00 bits per heavy atom. The first-order valence-electron chi connectivity index (χ1n) is 6.79. The highest BCUT2D eigenvalue weighted by Gasteiger charge is 2.35. The molecule has 1 N–H and O–H groups in total. The molecule has 1 aromatic carbocycles. The normalized spacial score (nSPS) is 20.8. The van der Waals surface area contributed by atoms with Crippen molar-refractivity contribution in [1.82, 2.24) is 10.2 Å². The molecule has 0 unspecified atom stereocenters. The fourth-order valence-corrected chi connectivity index (χ4v) is 2.84. The lowest BCUT2D eigenvalue weighted by Gasteiger charge is -2.47. The summed E-state index contributed by atoms with van der Waals surface area (Å²) in [5, 5.41) is 14.3. The number of piperazine rings is 1. The van der Waals surface area contributed by atoms with Crippen LogP contribution in [0.5, 0.6) is 0 Å². The maximum Gasteiger partial charge on any atom is 0.295 e. The van der Waals surface area contributed by atoms with E-state index in [1.54, 1.807) is 0 Å². The summed E-state index contributed by atoms with van der Waals surface area (Å²) >= 11 is 0. The van der Waals surface area contributed by atoms with Gasteiger partial charge in [0, 0.05) is 45.3 Å². The molecule has 0 bridgehead atoms. The fourth-order valence-electron chi connectivity index (χ4n) is 2.84. The Bertz CT molecular complexity index is 513. The molecule has 2 fully saturated rings. The van der Waals surface area contributed by atoms with Crippen LogP contribution in [0.1, 0.15) is 0 Å². The number of hydrogen-bond acceptors (Lipinski definition) is 5. The summed E-state index contributed by atoms with van der Waals surface area (Å²) in [5.74, 6) is -0.570. The lowest BCUT2D eigenvalue weighted by molar-refractivity contribution is -0.384. The van der Waals surface area contributed by atoms with Gasteiger partial charge in [-0.15, -0.1) is 0 Å². The van der Waals surface area contributed by atoms with Gasteiger partial charge in [0.05, 0.1) is 11.0 Å². The fraction of sp³-hybridized carbons (Fsp3) is 0.538. The molecule has 0 aromatic heterocycles. The van der Waals surface area contributed by atoms with Gasteiger partial charge in [0.1, 0.15) is 11.5 Å². The zero-order valence-corrected chi connectivity index (χ0v) is 11.1. The second-order valence-corrected chi connectivity index (χ2v) is 5.23. The van der Waals surface area contributed by atoms with Crippen molar-refractivity contribution >= 4 is 11.4 Å². The van der Waals surface area contributed by atoms with Crippen LogP contribution in [0, 0.1) is 15.9 Å². The lowest BCUT2D eigenvalue weighted by atomic mass is 10.0. The highest BCUT2D eigenvalue weighted by molar-refractivity contribution is 5.64. The van der Waals surface area contributed by atoms with E-state index >= 15 is 0 Å². The van der Waals surface area contributed by atoms with Gasteiger partial charge in [-0.2, -0.15) is 0 Å². The Morgan fingerprint density at radius 1 is 1.30 bits per heavy atom. The Labute approximate surface area is 116 Å². The zero-order valence-electron chi connectivity index (χ0n) is 11.1. The molecule has 2 saturated heterocycles. The van der Waals surface area contributed by atoms with Gasteiger partial charge in [0.2, 0.25) is 0 Å². The predicted molar refractivity (Wildman–Crippen MR) is 73.5 cm³/mol. The van der Waals surface area contributed by atoms with Crippen molar-refractivity contribution in [3.05, 3.63) is 34.1 Å². The van der Waals surface area contributed by atoms with Crippen molar-refractivity contribution in [2.24, 2.45) is 0 Å². The summed E-state index contributed by atoms with van der Waals surface area (Å²) in [6, 6.07) is 4.22. The molecule has 108 valence electrons. The van der Waals surface area contributed by atoms with Gasteiger partial charge in [0.15, 0.2) is 0 Å². The predicted octanol–water partition coefficient (Wildman–Crippen LogP) is 0.828. The molecule has 0 amide bonds. The third-order valence-electron chi connectivity index (χ3n) is 4.01. The number of nitrogens with one attached hydrogen (secondary N) is 1. The highest BCUT2D eigenvalue weighted by Crippen LogP contribution is 2.33. The first-order chi connectivity index (χ1) is 9.65. The van der Waals surface area contributed by atoms with E-state index in [2.05, 4.69) is 10.2 Å². The lowest BCUT2D eigenvalue weighted by Crippen LogP contribution is -2.63. The Balaban J connectivity index is 1.68. The first-order valence-corrected chi connectivity index (χ1v) is 6.79. The molecular weight excluding hydrogens is 263 g/mol. The summed E-state index contributed by atoms with van der Waals surface area (Å²) in [7, 11) is 0. The molecule has 2 aliphatic rings. The van der Waals surface area contributed by atoms with Gasteiger partial charge < -0.3 is 10.2 Å². The van der Waals surface area contributed by atoms with Gasteiger partial charge in [-0.05, 0) is 12.1 Å². The number of nitro groups is 1. The zero-order chi connectivity index (χ0) is 14.1. The van der Waals surface area contributed by atoms with Gasteiger partial charge in [-0.1, -0.05) is 0 Å². The molecule has 20 heavy (non-hydrogen) atoms. The van der Waals surface area contributed by atoms with E-state index in [1.807, 2.05) is 4.90 Å². The maximum atomic E-state index is 13.1. The van der Waals surface area contributed by atoms with Crippen LogP contribution >= 0.6 is 0 Å². The molecule has 7 heteroatoms. The first kappa shape index (κ1) is 13.3. The molecule has 2 heterocycles. The molecule has 0 saturated carbocycles. The van der Waals surface area contributed by atoms with Crippen LogP contribution in [0.2, 0.25) is 0 Å². The summed E-state index contributed by atoms with van der Waals surface area (Å²) in [4.78, 5) is 14.8. The van der Waals surface area contributed by atoms with Gasteiger partial charge >= 0.3 is 0 Å². The van der Waals surface area contributed by atoms with Crippen LogP contribution in [-0.4, -0.2) is 55.1 Å². The number of benzene rings is 1. The Morgan fingerprint density at radius 3 is 2.65 bits per heavy atom. The third kappa shape index (κ3) is 2.46. The van der Waals surface area contributed by atoms with Crippen molar-refractivity contribution in [2.45, 2.75) is 6.04 Å². The molecule has 0 spiro atoms. The second kappa shape index (κ2) is 5.34. The van der Waals surface area contributed by atoms with Crippen LogP contribution in [0.4, 0.5) is 15.8 Å². The van der Waals surface area contributed by atoms with E-state index in [4.69, 9.17) is 0 Å². The number of nitro benzene ring substituents is 1. The van der Waals surface area contributed by atoms with Gasteiger partial charge in [-0.3, -0.25) is 15.0 Å². The number of halogens is 1. The Hall–Kier alpha value is -1.73. The monoisotopic (exact) mass is 280 g/mol. The molecule has 2 aliphatic heterocycles. The van der Waals surface area contributed by atoms with Gasteiger partial charge in [0.25, 0.3) is 5.69 Å². The average molecular weight is 280 g/mol. The van der Waals surface area contributed by atoms with E-state index in [0.29, 0.717) is 11.7 Å². The van der Waals surface area contributed by atoms with Crippen LogP contribution in [-0.2, 0) is 0 Å². The number of rotatable bonds is 3. The summed E-state index contributed by atoms with van der Waals surface area (Å²) in [5.41, 5.74) is 0.367. The Kier molecular flexibility index (Phi) is 3.54. The van der Waals surface area contributed by atoms with Crippen molar-refractivity contribution < 1.29 is 9.31 Å². The third-order valence-corrected chi connectivity index (χ3v) is 4.01. The van der Waals surface area contributed by atoms with Crippen molar-refractivity contribution in [1.29, 1.82) is 0 Å². The van der Waals surface area contributed by atoms with Crippen LogP contribution in [0.3, 0.4) is 0 Å². The minimum atomic E-state index is -0.570. The minimum absolute atomic E-state index is 0.149. The van der Waals surface area contributed by atoms with Crippen molar-refractivity contribution in [3.8, 4) is 0 Å². The summed E-state index contributed by atoms with van der Waals surface area (Å²) < 4.78 is 13.1. The largest absolute Gasteiger partial charge is 0.363 e. The molecule has 0 atom stereocenters. The molecule has 6 nitrogen and oxygen atoms in total. The maximum absolute atomic E-state index is 13.1. The number of nitrogens with zero attached hydrogens (tertiary/aromatic N) is 3. The smallest absolute Gasteiger partial charge is 0.295 e. The van der Waals surface area contributed by atoms with Gasteiger partial charge in [-0.25, -0.2) is 4.39 Å². The van der Waals surface area contributed by atoms with Crippen molar-refractivity contribution in [2.75, 3.05) is 44.2 Å². The topological polar surface area (TPSA) is 61.7 Å². The molecule has 0 radical (unpaired) electrons. The van der Waals surface area contributed by atoms with Crippen molar-refractivity contribution in [3.63, 3.8) is 0 Å². The van der Waals surface area contributed by atoms with E-state index in [-0.39, 0.29) is 5.69 Å². The van der Waals surface area contributed by atoms with Crippen LogP contribution in [0.25, 0.3) is 0 Å². The van der Waals surface area contributed by atoms with E-state index in [0.717, 1.165) is 45.3 Å². The van der Waals surface area contributed by atoms with E-state index in [9.17, 15) is 14.5 Å². The average Bonchev–Trinajstić information content (AvgIpc) is 2.39. The van der Waals surface area contributed by atoms with Crippen LogP contribution in [0.15, 0.2) is 18.2 Å². The minimum Gasteiger partial charge on any atom is -0.363 e.